The molecule has 188 valence electrons. The fourth-order valence-electron chi connectivity index (χ4n) is 8.11. The molecule has 0 radical (unpaired) electrons. The highest BCUT2D eigenvalue weighted by molar-refractivity contribution is 7.99. The number of carbonyl (C=O) groups excluding carboxylic acids is 1. The molecule has 0 aromatic heterocycles. The summed E-state index contributed by atoms with van der Waals surface area (Å²) in [6.07, 6.45) is 4.66. The first-order chi connectivity index (χ1) is 15.6. The summed E-state index contributed by atoms with van der Waals surface area (Å²) < 4.78 is 12.6. The van der Waals surface area contributed by atoms with Crippen molar-refractivity contribution in [2.24, 2.45) is 34.0 Å². The molecule has 4 fully saturated rings. The topological polar surface area (TPSA) is 62.3 Å². The van der Waals surface area contributed by atoms with E-state index in [-0.39, 0.29) is 28.8 Å². The Morgan fingerprint density at radius 1 is 1.30 bits per heavy atom. The van der Waals surface area contributed by atoms with Crippen LogP contribution in [0, 0.1) is 34.0 Å². The zero-order valence-corrected chi connectivity index (χ0v) is 22.3. The van der Waals surface area contributed by atoms with E-state index in [0.29, 0.717) is 23.7 Å². The van der Waals surface area contributed by atoms with E-state index in [1.807, 2.05) is 6.08 Å². The molecule has 33 heavy (non-hydrogen) atoms. The van der Waals surface area contributed by atoms with E-state index in [2.05, 4.69) is 53.0 Å². The Morgan fingerprint density at radius 3 is 2.64 bits per heavy atom. The lowest BCUT2D eigenvalue weighted by molar-refractivity contribution is -0.187. The minimum Gasteiger partial charge on any atom is -0.460 e. The zero-order valence-electron chi connectivity index (χ0n) is 21.5. The molecule has 1 saturated heterocycles. The van der Waals surface area contributed by atoms with Gasteiger partial charge in [0.25, 0.3) is 0 Å². The third-order valence-corrected chi connectivity index (χ3v) is 11.3. The lowest BCUT2D eigenvalue weighted by atomic mass is 9.48. The van der Waals surface area contributed by atoms with Gasteiger partial charge in [0.05, 0.1) is 24.1 Å². The lowest BCUT2D eigenvalue weighted by Gasteiger charge is -2.57. The summed E-state index contributed by atoms with van der Waals surface area (Å²) in [5.74, 6) is 1.88. The number of esters is 1. The van der Waals surface area contributed by atoms with Crippen molar-refractivity contribution in [2.75, 3.05) is 31.1 Å². The van der Waals surface area contributed by atoms with E-state index in [4.69, 9.17) is 9.47 Å². The normalized spacial score (nSPS) is 48.1. The first-order valence-corrected chi connectivity index (χ1v) is 14.2. The number of thioether (sulfide) groups is 1. The summed E-state index contributed by atoms with van der Waals surface area (Å²) in [5, 5.41) is 11.8. The van der Waals surface area contributed by atoms with Gasteiger partial charge in [-0.3, -0.25) is 4.79 Å². The Hall–Kier alpha value is -0.560. The van der Waals surface area contributed by atoms with Gasteiger partial charge in [-0.1, -0.05) is 47.6 Å². The van der Waals surface area contributed by atoms with Gasteiger partial charge in [0.2, 0.25) is 0 Å². The number of aliphatic hydroxyl groups is 1. The number of hydrogen-bond donors (Lipinski definition) is 1. The molecule has 6 heteroatoms. The number of nitrogens with zero attached hydrogens (tertiary/aromatic N) is 1. The van der Waals surface area contributed by atoms with Crippen molar-refractivity contribution in [1.82, 2.24) is 4.90 Å². The highest BCUT2D eigenvalue weighted by Gasteiger charge is 2.77. The average molecular weight is 480 g/mol. The van der Waals surface area contributed by atoms with Crippen molar-refractivity contribution in [1.29, 1.82) is 0 Å². The zero-order chi connectivity index (χ0) is 24.2. The number of fused-ring (bicyclic) bond motifs is 1. The van der Waals surface area contributed by atoms with Crippen LogP contribution in [0.1, 0.15) is 60.8 Å². The fourth-order valence-corrected chi connectivity index (χ4v) is 8.88. The standard InChI is InChI=1S/C27H45NO4S/c1-8-25(6)23(30)18(5)27-12-11-17(4)26(7,22(27)21-19(15-27)31-21)24(25)32-20(29)16-33-14-13-28(9-2)10-3/h8,17-19,21-24,30H,1,9-16H2,2-7H3/t17?,18-,19?,21?,22-,23-,24+,25-,26+,27-/m0/s1. The maximum atomic E-state index is 13.2. The molecule has 4 aliphatic rings. The number of aliphatic hydroxyl groups excluding tert-OH is 1. The van der Waals surface area contributed by atoms with Crippen LogP contribution >= 0.6 is 11.8 Å². The molecule has 10 atom stereocenters. The number of epoxide rings is 1. The second-order valence-electron chi connectivity index (χ2n) is 11.6. The monoisotopic (exact) mass is 479 g/mol. The van der Waals surface area contributed by atoms with Crippen LogP contribution in [-0.4, -0.2) is 71.5 Å². The molecular weight excluding hydrogens is 434 g/mol. The SMILES string of the molecule is C=C[C@]1(C)[C@@H](OC(=O)CSCCN(CC)CC)[C@]2(C)C(C)CC[C@]3(CC4OC4[C@H]32)[C@@H](C)[C@@H]1O. The molecule has 0 amide bonds. The average Bonchev–Trinajstić information content (AvgIpc) is 3.47. The summed E-state index contributed by atoms with van der Waals surface area (Å²) in [5.41, 5.74) is -0.904. The molecule has 1 heterocycles. The molecule has 3 aliphatic carbocycles. The van der Waals surface area contributed by atoms with Crippen molar-refractivity contribution < 1.29 is 19.4 Å². The van der Waals surface area contributed by atoms with E-state index < -0.39 is 17.6 Å². The lowest BCUT2D eigenvalue weighted by Crippen LogP contribution is -2.58. The Kier molecular flexibility index (Phi) is 7.08. The Morgan fingerprint density at radius 2 is 2.00 bits per heavy atom. The van der Waals surface area contributed by atoms with E-state index in [1.54, 1.807) is 11.8 Å². The summed E-state index contributed by atoms with van der Waals surface area (Å²) in [4.78, 5) is 15.6. The molecule has 0 spiro atoms. The second kappa shape index (κ2) is 9.15. The molecule has 3 saturated carbocycles. The number of carbonyl (C=O) groups is 1. The van der Waals surface area contributed by atoms with Crippen molar-refractivity contribution >= 4 is 17.7 Å². The Balaban J connectivity index is 1.60. The number of hydrogen-bond acceptors (Lipinski definition) is 6. The molecular formula is C27H45NO4S. The highest BCUT2D eigenvalue weighted by atomic mass is 32.2. The van der Waals surface area contributed by atoms with Gasteiger partial charge < -0.3 is 19.5 Å². The number of rotatable bonds is 9. The smallest absolute Gasteiger partial charge is 0.316 e. The highest BCUT2D eigenvalue weighted by Crippen LogP contribution is 2.74. The largest absolute Gasteiger partial charge is 0.460 e. The predicted octanol–water partition coefficient (Wildman–Crippen LogP) is 4.39. The Labute approximate surface area is 205 Å². The van der Waals surface area contributed by atoms with Gasteiger partial charge in [0, 0.05) is 29.0 Å². The van der Waals surface area contributed by atoms with Gasteiger partial charge in [0.1, 0.15) is 6.10 Å². The number of ether oxygens (including phenoxy) is 2. The molecule has 3 unspecified atom stereocenters. The van der Waals surface area contributed by atoms with Crippen LogP contribution in [0.15, 0.2) is 12.7 Å². The van der Waals surface area contributed by atoms with Gasteiger partial charge in [-0.05, 0) is 49.6 Å². The summed E-state index contributed by atoms with van der Waals surface area (Å²) in [6, 6.07) is 0. The van der Waals surface area contributed by atoms with Crippen LogP contribution in [0.5, 0.6) is 0 Å². The molecule has 1 N–H and O–H groups in total. The van der Waals surface area contributed by atoms with E-state index in [0.717, 1.165) is 44.6 Å². The minimum atomic E-state index is -0.698. The second-order valence-corrected chi connectivity index (χ2v) is 12.7. The molecule has 5 nitrogen and oxygen atoms in total. The van der Waals surface area contributed by atoms with Crippen molar-refractivity contribution in [3.8, 4) is 0 Å². The minimum absolute atomic E-state index is 0.0538. The molecule has 0 aromatic rings. The first-order valence-electron chi connectivity index (χ1n) is 13.1. The van der Waals surface area contributed by atoms with Gasteiger partial charge >= 0.3 is 5.97 Å². The van der Waals surface area contributed by atoms with Crippen LogP contribution in [0.3, 0.4) is 0 Å². The van der Waals surface area contributed by atoms with Crippen LogP contribution in [0.2, 0.25) is 0 Å². The van der Waals surface area contributed by atoms with Crippen LogP contribution in [0.25, 0.3) is 0 Å². The van der Waals surface area contributed by atoms with Crippen molar-refractivity contribution in [3.05, 3.63) is 12.7 Å². The maximum absolute atomic E-state index is 13.2. The fraction of sp³-hybridized carbons (Fsp3) is 0.889. The van der Waals surface area contributed by atoms with E-state index in [9.17, 15) is 9.90 Å². The first kappa shape index (κ1) is 25.5. The van der Waals surface area contributed by atoms with Crippen molar-refractivity contribution in [3.63, 3.8) is 0 Å². The quantitative estimate of drug-likeness (QED) is 0.229. The van der Waals surface area contributed by atoms with Gasteiger partial charge in [-0.2, -0.15) is 0 Å². The van der Waals surface area contributed by atoms with Gasteiger partial charge in [-0.25, -0.2) is 0 Å². The van der Waals surface area contributed by atoms with E-state index >= 15 is 0 Å². The predicted molar refractivity (Wildman–Crippen MR) is 134 cm³/mol. The molecule has 4 rings (SSSR count). The summed E-state index contributed by atoms with van der Waals surface area (Å²) >= 11 is 1.64. The van der Waals surface area contributed by atoms with Crippen LogP contribution < -0.4 is 0 Å². The molecule has 2 bridgehead atoms. The third-order valence-electron chi connectivity index (χ3n) is 10.4. The molecule has 0 aromatic carbocycles. The maximum Gasteiger partial charge on any atom is 0.316 e. The third kappa shape index (κ3) is 3.82. The van der Waals surface area contributed by atoms with Crippen molar-refractivity contribution in [2.45, 2.75) is 85.2 Å². The van der Waals surface area contributed by atoms with Gasteiger partial charge in [-0.15, -0.1) is 18.3 Å². The van der Waals surface area contributed by atoms with E-state index in [1.165, 1.54) is 0 Å². The van der Waals surface area contributed by atoms with Crippen LogP contribution in [-0.2, 0) is 14.3 Å². The summed E-state index contributed by atoms with van der Waals surface area (Å²) in [6.45, 7) is 20.4. The van der Waals surface area contributed by atoms with Crippen LogP contribution in [0.4, 0.5) is 0 Å². The molecule has 1 aliphatic heterocycles. The Bertz CT molecular complexity index is 758. The summed E-state index contributed by atoms with van der Waals surface area (Å²) in [7, 11) is 0. The van der Waals surface area contributed by atoms with Gasteiger partial charge in [0.15, 0.2) is 0 Å².